The average molecular weight is 406 g/mol. The van der Waals surface area contributed by atoms with Gasteiger partial charge in [-0.3, -0.25) is 0 Å². The Balaban J connectivity index is 1.64. The lowest BCUT2D eigenvalue weighted by Crippen LogP contribution is -2.44. The van der Waals surface area contributed by atoms with Gasteiger partial charge in [0.1, 0.15) is 5.75 Å². The van der Waals surface area contributed by atoms with Gasteiger partial charge in [0.05, 0.1) is 12.6 Å². The molecule has 4 nitrogen and oxygen atoms in total. The highest BCUT2D eigenvalue weighted by atomic mass is 32.1. The standard InChI is InChI=1S/C24H27N3OS/c1-4-28-20-10-8-19(9-11-20)23-22-6-5-13-26(22)14-15-27(23)24(29)25-21-12-7-17(2)16-18(21)3/h5-13,16,23H,4,14-15H2,1-3H3,(H,25,29). The first-order chi connectivity index (χ1) is 14.1. The average Bonchev–Trinajstić information content (AvgIpc) is 3.19. The second-order valence-corrected chi connectivity index (χ2v) is 7.86. The van der Waals surface area contributed by atoms with Crippen molar-refractivity contribution in [2.75, 3.05) is 18.5 Å². The minimum Gasteiger partial charge on any atom is -0.494 e. The number of nitrogens with one attached hydrogen (secondary N) is 1. The van der Waals surface area contributed by atoms with Crippen molar-refractivity contribution >= 4 is 23.0 Å². The highest BCUT2D eigenvalue weighted by molar-refractivity contribution is 7.80. The molecule has 1 aromatic heterocycles. The lowest BCUT2D eigenvalue weighted by molar-refractivity contribution is 0.293. The fourth-order valence-corrected chi connectivity index (χ4v) is 4.31. The lowest BCUT2D eigenvalue weighted by atomic mass is 10.00. The van der Waals surface area contributed by atoms with Crippen LogP contribution in [0.15, 0.2) is 60.8 Å². The van der Waals surface area contributed by atoms with Gasteiger partial charge in [-0.2, -0.15) is 0 Å². The van der Waals surface area contributed by atoms with E-state index in [1.807, 2.05) is 19.1 Å². The number of nitrogens with zero attached hydrogens (tertiary/aromatic N) is 2. The maximum atomic E-state index is 5.88. The molecule has 1 N–H and O–H groups in total. The summed E-state index contributed by atoms with van der Waals surface area (Å²) >= 11 is 5.88. The molecule has 0 saturated carbocycles. The van der Waals surface area contributed by atoms with Crippen LogP contribution in [0.4, 0.5) is 5.69 Å². The third-order valence-corrected chi connectivity index (χ3v) is 5.77. The summed E-state index contributed by atoms with van der Waals surface area (Å²) in [6.45, 7) is 8.67. The number of rotatable bonds is 4. The number of thiocarbonyl (C=S) groups is 1. The van der Waals surface area contributed by atoms with Gasteiger partial charge in [-0.25, -0.2) is 0 Å². The van der Waals surface area contributed by atoms with Crippen LogP contribution < -0.4 is 10.1 Å². The largest absolute Gasteiger partial charge is 0.494 e. The summed E-state index contributed by atoms with van der Waals surface area (Å²) in [5.41, 5.74) is 5.97. The summed E-state index contributed by atoms with van der Waals surface area (Å²) in [5.74, 6) is 0.893. The van der Waals surface area contributed by atoms with E-state index in [2.05, 4.69) is 77.3 Å². The van der Waals surface area contributed by atoms with Gasteiger partial charge in [-0.15, -0.1) is 0 Å². The molecule has 3 aromatic rings. The van der Waals surface area contributed by atoms with E-state index in [9.17, 15) is 0 Å². The lowest BCUT2D eigenvalue weighted by Gasteiger charge is -2.39. The van der Waals surface area contributed by atoms with Crippen molar-refractivity contribution in [2.24, 2.45) is 0 Å². The molecule has 0 saturated heterocycles. The van der Waals surface area contributed by atoms with Crippen LogP contribution in [0.2, 0.25) is 0 Å². The molecule has 150 valence electrons. The number of ether oxygens (including phenoxy) is 1. The minimum absolute atomic E-state index is 0.0696. The van der Waals surface area contributed by atoms with E-state index in [4.69, 9.17) is 17.0 Å². The molecule has 1 aliphatic heterocycles. The van der Waals surface area contributed by atoms with Gasteiger partial charge in [0.25, 0.3) is 0 Å². The molecule has 0 fully saturated rings. The van der Waals surface area contributed by atoms with Gasteiger partial charge in [0, 0.05) is 30.7 Å². The molecule has 29 heavy (non-hydrogen) atoms. The minimum atomic E-state index is 0.0696. The first-order valence-corrected chi connectivity index (χ1v) is 10.5. The summed E-state index contributed by atoms with van der Waals surface area (Å²) in [4.78, 5) is 2.29. The van der Waals surface area contributed by atoms with E-state index < -0.39 is 0 Å². The van der Waals surface area contributed by atoms with Crippen LogP contribution >= 0.6 is 12.2 Å². The Labute approximate surface area is 178 Å². The zero-order chi connectivity index (χ0) is 20.4. The number of anilines is 1. The van der Waals surface area contributed by atoms with Crippen LogP contribution in [0.1, 0.15) is 35.3 Å². The Bertz CT molecular complexity index is 1010. The van der Waals surface area contributed by atoms with E-state index in [0.29, 0.717) is 6.61 Å². The van der Waals surface area contributed by atoms with Crippen molar-refractivity contribution in [2.45, 2.75) is 33.4 Å². The summed E-state index contributed by atoms with van der Waals surface area (Å²) in [6, 6.07) is 19.1. The topological polar surface area (TPSA) is 29.4 Å². The fraction of sp³-hybridized carbons (Fsp3) is 0.292. The molecule has 1 atom stereocenters. The Morgan fingerprint density at radius 2 is 1.90 bits per heavy atom. The SMILES string of the molecule is CCOc1ccc(C2c3cccn3CCN2C(=S)Nc2ccc(C)cc2C)cc1. The van der Waals surface area contributed by atoms with E-state index in [-0.39, 0.29) is 6.04 Å². The van der Waals surface area contributed by atoms with E-state index >= 15 is 0 Å². The molecule has 0 amide bonds. The van der Waals surface area contributed by atoms with Crippen LogP contribution in [-0.2, 0) is 6.54 Å². The van der Waals surface area contributed by atoms with E-state index in [1.165, 1.54) is 22.4 Å². The highest BCUT2D eigenvalue weighted by Gasteiger charge is 2.30. The molecule has 0 aliphatic carbocycles. The number of aromatic nitrogens is 1. The number of fused-ring (bicyclic) bond motifs is 1. The van der Waals surface area contributed by atoms with Crippen molar-refractivity contribution in [3.05, 3.63) is 83.2 Å². The third kappa shape index (κ3) is 4.01. The number of hydrogen-bond acceptors (Lipinski definition) is 2. The van der Waals surface area contributed by atoms with Crippen LogP contribution in [0.25, 0.3) is 0 Å². The smallest absolute Gasteiger partial charge is 0.174 e. The Morgan fingerprint density at radius 3 is 2.62 bits per heavy atom. The van der Waals surface area contributed by atoms with Crippen molar-refractivity contribution in [3.63, 3.8) is 0 Å². The number of aryl methyl sites for hydroxylation is 2. The third-order valence-electron chi connectivity index (χ3n) is 5.43. The van der Waals surface area contributed by atoms with Crippen molar-refractivity contribution in [1.29, 1.82) is 0 Å². The molecule has 0 radical (unpaired) electrons. The monoisotopic (exact) mass is 405 g/mol. The van der Waals surface area contributed by atoms with Crippen LogP contribution in [-0.4, -0.2) is 27.7 Å². The number of hydrogen-bond donors (Lipinski definition) is 1. The van der Waals surface area contributed by atoms with Crippen LogP contribution in [0, 0.1) is 13.8 Å². The molecular weight excluding hydrogens is 378 g/mol. The molecule has 1 aliphatic rings. The highest BCUT2D eigenvalue weighted by Crippen LogP contribution is 2.34. The predicted octanol–water partition coefficient (Wildman–Crippen LogP) is 5.31. The fourth-order valence-electron chi connectivity index (χ4n) is 4.01. The first-order valence-electron chi connectivity index (χ1n) is 10.1. The normalized spacial score (nSPS) is 15.7. The van der Waals surface area contributed by atoms with Gasteiger partial charge in [-0.05, 0) is 74.4 Å². The molecule has 0 bridgehead atoms. The second kappa shape index (κ2) is 8.29. The Morgan fingerprint density at radius 1 is 1.10 bits per heavy atom. The van der Waals surface area contributed by atoms with E-state index in [1.54, 1.807) is 0 Å². The maximum absolute atomic E-state index is 5.88. The summed E-state index contributed by atoms with van der Waals surface area (Å²) in [5, 5.41) is 4.24. The molecule has 5 heteroatoms. The summed E-state index contributed by atoms with van der Waals surface area (Å²) in [7, 11) is 0. The second-order valence-electron chi connectivity index (χ2n) is 7.47. The molecular formula is C24H27N3OS. The zero-order valence-electron chi connectivity index (χ0n) is 17.2. The number of benzene rings is 2. The van der Waals surface area contributed by atoms with Crippen molar-refractivity contribution in [1.82, 2.24) is 9.47 Å². The molecule has 1 unspecified atom stereocenters. The van der Waals surface area contributed by atoms with Gasteiger partial charge in [0.2, 0.25) is 0 Å². The van der Waals surface area contributed by atoms with Gasteiger partial charge < -0.3 is 19.5 Å². The van der Waals surface area contributed by atoms with Gasteiger partial charge >= 0.3 is 0 Å². The van der Waals surface area contributed by atoms with Crippen LogP contribution in [0.5, 0.6) is 5.75 Å². The summed E-state index contributed by atoms with van der Waals surface area (Å²) < 4.78 is 7.94. The van der Waals surface area contributed by atoms with Gasteiger partial charge in [-0.1, -0.05) is 29.8 Å². The predicted molar refractivity (Wildman–Crippen MR) is 123 cm³/mol. The first kappa shape index (κ1) is 19.5. The maximum Gasteiger partial charge on any atom is 0.174 e. The van der Waals surface area contributed by atoms with E-state index in [0.717, 1.165) is 29.6 Å². The van der Waals surface area contributed by atoms with Crippen molar-refractivity contribution < 1.29 is 4.74 Å². The zero-order valence-corrected chi connectivity index (χ0v) is 18.0. The van der Waals surface area contributed by atoms with Crippen molar-refractivity contribution in [3.8, 4) is 5.75 Å². The summed E-state index contributed by atoms with van der Waals surface area (Å²) in [6.07, 6.45) is 2.15. The molecule has 0 spiro atoms. The van der Waals surface area contributed by atoms with Crippen LogP contribution in [0.3, 0.4) is 0 Å². The molecule has 4 rings (SSSR count). The molecule has 2 aromatic carbocycles. The quantitative estimate of drug-likeness (QED) is 0.596. The van der Waals surface area contributed by atoms with Gasteiger partial charge in [0.15, 0.2) is 5.11 Å². The Kier molecular flexibility index (Phi) is 5.58. The molecule has 2 heterocycles. The Hall–Kier alpha value is -2.79.